The first-order chi connectivity index (χ1) is 9.06. The van der Waals surface area contributed by atoms with Crippen LogP contribution >= 0.6 is 0 Å². The minimum absolute atomic E-state index is 0.0960. The fourth-order valence-electron chi connectivity index (χ4n) is 2.87. The number of aliphatic carboxylic acids is 1. The average Bonchev–Trinajstić information content (AvgIpc) is 2.70. The highest BCUT2D eigenvalue weighted by molar-refractivity contribution is 5.83. The maximum absolute atomic E-state index is 11.0. The van der Waals surface area contributed by atoms with E-state index in [1.54, 1.807) is 12.1 Å². The second-order valence-electron chi connectivity index (χ2n) is 5.06. The van der Waals surface area contributed by atoms with Crippen LogP contribution in [0.2, 0.25) is 0 Å². The lowest BCUT2D eigenvalue weighted by molar-refractivity contribution is -0.138. The SMILES string of the molecule is CN1CCn2c(cc3cc(O)ccc32)C1CC(=O)O. The molecule has 1 aliphatic rings. The highest BCUT2D eigenvalue weighted by atomic mass is 16.4. The van der Waals surface area contributed by atoms with E-state index in [4.69, 9.17) is 5.11 Å². The van der Waals surface area contributed by atoms with Crippen LogP contribution in [-0.2, 0) is 11.3 Å². The smallest absolute Gasteiger partial charge is 0.305 e. The molecule has 0 amide bonds. The van der Waals surface area contributed by atoms with E-state index in [0.717, 1.165) is 29.7 Å². The van der Waals surface area contributed by atoms with E-state index >= 15 is 0 Å². The Balaban J connectivity index is 2.14. The molecule has 0 saturated carbocycles. The van der Waals surface area contributed by atoms with Gasteiger partial charge in [0.1, 0.15) is 5.75 Å². The fraction of sp³-hybridized carbons (Fsp3) is 0.357. The van der Waals surface area contributed by atoms with Gasteiger partial charge in [-0.1, -0.05) is 0 Å². The molecule has 5 heteroatoms. The van der Waals surface area contributed by atoms with Crippen LogP contribution < -0.4 is 0 Å². The standard InChI is InChI=1S/C14H16N2O3/c1-15-4-5-16-11-3-2-10(17)6-9(11)7-13(16)12(15)8-14(18)19/h2-3,6-7,12,17H,4-5,8H2,1H3,(H,18,19). The molecule has 2 aromatic rings. The van der Waals surface area contributed by atoms with Crippen LogP contribution in [-0.4, -0.2) is 39.2 Å². The van der Waals surface area contributed by atoms with Gasteiger partial charge < -0.3 is 14.8 Å². The van der Waals surface area contributed by atoms with Gasteiger partial charge in [0.15, 0.2) is 0 Å². The molecule has 0 saturated heterocycles. The topological polar surface area (TPSA) is 65.7 Å². The van der Waals surface area contributed by atoms with Crippen molar-refractivity contribution in [1.82, 2.24) is 9.47 Å². The van der Waals surface area contributed by atoms with Crippen LogP contribution in [0.25, 0.3) is 10.9 Å². The van der Waals surface area contributed by atoms with E-state index in [1.165, 1.54) is 0 Å². The summed E-state index contributed by atoms with van der Waals surface area (Å²) in [7, 11) is 1.95. The van der Waals surface area contributed by atoms with Crippen molar-refractivity contribution in [3.05, 3.63) is 30.0 Å². The van der Waals surface area contributed by atoms with Crippen LogP contribution in [0.1, 0.15) is 18.2 Å². The summed E-state index contributed by atoms with van der Waals surface area (Å²) in [5, 5.41) is 19.6. The van der Waals surface area contributed by atoms with Gasteiger partial charge in [-0.15, -0.1) is 0 Å². The van der Waals surface area contributed by atoms with Gasteiger partial charge in [0, 0.05) is 29.7 Å². The Morgan fingerprint density at radius 1 is 1.37 bits per heavy atom. The summed E-state index contributed by atoms with van der Waals surface area (Å²) < 4.78 is 2.16. The number of phenolic OH excluding ortho intramolecular Hbond substituents is 1. The first-order valence-electron chi connectivity index (χ1n) is 6.30. The quantitative estimate of drug-likeness (QED) is 0.864. The lowest BCUT2D eigenvalue weighted by Gasteiger charge is -2.33. The predicted octanol–water partition coefficient (Wildman–Crippen LogP) is 1.81. The largest absolute Gasteiger partial charge is 0.508 e. The van der Waals surface area contributed by atoms with Crippen molar-refractivity contribution in [1.29, 1.82) is 0 Å². The number of hydrogen-bond donors (Lipinski definition) is 2. The number of rotatable bonds is 2. The first-order valence-corrected chi connectivity index (χ1v) is 6.30. The van der Waals surface area contributed by atoms with E-state index in [-0.39, 0.29) is 18.2 Å². The minimum Gasteiger partial charge on any atom is -0.508 e. The minimum atomic E-state index is -0.793. The maximum Gasteiger partial charge on any atom is 0.305 e. The van der Waals surface area contributed by atoms with Crippen LogP contribution in [0, 0.1) is 0 Å². The number of fused-ring (bicyclic) bond motifs is 3. The molecule has 0 bridgehead atoms. The monoisotopic (exact) mass is 260 g/mol. The van der Waals surface area contributed by atoms with Gasteiger partial charge in [0.25, 0.3) is 0 Å². The number of aromatic hydroxyl groups is 1. The van der Waals surface area contributed by atoms with Gasteiger partial charge in [0.2, 0.25) is 0 Å². The number of hydrogen-bond acceptors (Lipinski definition) is 3. The summed E-state index contributed by atoms with van der Waals surface area (Å²) in [6.07, 6.45) is 0.0960. The zero-order chi connectivity index (χ0) is 13.6. The number of carboxylic acids is 1. The number of carboxylic acid groups (broad SMARTS) is 1. The summed E-state index contributed by atoms with van der Waals surface area (Å²) in [4.78, 5) is 13.1. The Morgan fingerprint density at radius 2 is 2.16 bits per heavy atom. The van der Waals surface area contributed by atoms with Crippen molar-refractivity contribution in [3.8, 4) is 5.75 Å². The normalized spacial score (nSPS) is 19.5. The molecule has 1 atom stereocenters. The molecule has 1 aromatic heterocycles. The molecule has 2 heterocycles. The fourth-order valence-corrected chi connectivity index (χ4v) is 2.87. The highest BCUT2D eigenvalue weighted by Gasteiger charge is 2.28. The van der Waals surface area contributed by atoms with Gasteiger partial charge in [-0.2, -0.15) is 0 Å². The number of nitrogens with zero attached hydrogens (tertiary/aromatic N) is 2. The van der Waals surface area contributed by atoms with E-state index < -0.39 is 5.97 Å². The van der Waals surface area contributed by atoms with Crippen molar-refractivity contribution in [2.45, 2.75) is 19.0 Å². The number of likely N-dealkylation sites (N-methyl/N-ethyl adjacent to an activating group) is 1. The Bertz CT molecular complexity index is 647. The summed E-state index contributed by atoms with van der Waals surface area (Å²) in [6.45, 7) is 1.67. The Labute approximate surface area is 110 Å². The molecule has 100 valence electrons. The average molecular weight is 260 g/mol. The molecule has 0 aliphatic carbocycles. The predicted molar refractivity (Wildman–Crippen MR) is 71.2 cm³/mol. The number of carbonyl (C=O) groups is 1. The van der Waals surface area contributed by atoms with Crippen molar-refractivity contribution >= 4 is 16.9 Å². The van der Waals surface area contributed by atoms with Gasteiger partial charge >= 0.3 is 5.97 Å². The van der Waals surface area contributed by atoms with E-state index in [9.17, 15) is 9.90 Å². The van der Waals surface area contributed by atoms with E-state index in [2.05, 4.69) is 9.47 Å². The molecule has 19 heavy (non-hydrogen) atoms. The van der Waals surface area contributed by atoms with Gasteiger partial charge in [0.05, 0.1) is 12.5 Å². The summed E-state index contributed by atoms with van der Waals surface area (Å²) >= 11 is 0. The van der Waals surface area contributed by atoms with Crippen molar-refractivity contribution in [2.75, 3.05) is 13.6 Å². The Hall–Kier alpha value is -2.01. The molecule has 0 radical (unpaired) electrons. The molecule has 1 unspecified atom stereocenters. The lowest BCUT2D eigenvalue weighted by Crippen LogP contribution is -2.36. The summed E-state index contributed by atoms with van der Waals surface area (Å²) in [6, 6.07) is 7.15. The third kappa shape index (κ3) is 1.96. The van der Waals surface area contributed by atoms with Crippen molar-refractivity contribution in [2.24, 2.45) is 0 Å². The van der Waals surface area contributed by atoms with Crippen LogP contribution in [0.3, 0.4) is 0 Å². The zero-order valence-corrected chi connectivity index (χ0v) is 10.7. The maximum atomic E-state index is 11.0. The molecule has 0 spiro atoms. The molecule has 2 N–H and O–H groups in total. The Morgan fingerprint density at radius 3 is 2.89 bits per heavy atom. The molecule has 1 aromatic carbocycles. The second-order valence-corrected chi connectivity index (χ2v) is 5.06. The third-order valence-corrected chi connectivity index (χ3v) is 3.83. The molecule has 1 aliphatic heterocycles. The number of aromatic nitrogens is 1. The van der Waals surface area contributed by atoms with Gasteiger partial charge in [-0.3, -0.25) is 9.69 Å². The summed E-state index contributed by atoms with van der Waals surface area (Å²) in [5.74, 6) is -0.558. The molecular formula is C14H16N2O3. The number of phenols is 1. The van der Waals surface area contributed by atoms with E-state index in [0.29, 0.717) is 0 Å². The zero-order valence-electron chi connectivity index (χ0n) is 10.7. The van der Waals surface area contributed by atoms with Crippen LogP contribution in [0.5, 0.6) is 5.75 Å². The molecular weight excluding hydrogens is 244 g/mol. The summed E-state index contributed by atoms with van der Waals surface area (Å²) in [5.41, 5.74) is 2.06. The third-order valence-electron chi connectivity index (χ3n) is 3.83. The first kappa shape index (κ1) is 12.0. The van der Waals surface area contributed by atoms with Crippen molar-refractivity contribution < 1.29 is 15.0 Å². The molecule has 5 nitrogen and oxygen atoms in total. The second kappa shape index (κ2) is 4.28. The van der Waals surface area contributed by atoms with Crippen LogP contribution in [0.15, 0.2) is 24.3 Å². The van der Waals surface area contributed by atoms with E-state index in [1.807, 2.05) is 19.2 Å². The number of benzene rings is 1. The molecule has 3 rings (SSSR count). The lowest BCUT2D eigenvalue weighted by atomic mass is 10.1. The molecule has 0 fully saturated rings. The van der Waals surface area contributed by atoms with Gasteiger partial charge in [-0.25, -0.2) is 0 Å². The Kier molecular flexibility index (Phi) is 2.71. The van der Waals surface area contributed by atoms with Crippen LogP contribution in [0.4, 0.5) is 0 Å². The highest BCUT2D eigenvalue weighted by Crippen LogP contribution is 2.33. The van der Waals surface area contributed by atoms with Gasteiger partial charge in [-0.05, 0) is 31.3 Å². The van der Waals surface area contributed by atoms with Crippen molar-refractivity contribution in [3.63, 3.8) is 0 Å².